The van der Waals surface area contributed by atoms with Crippen LogP contribution in [0.3, 0.4) is 0 Å². The minimum absolute atomic E-state index is 0. The van der Waals surface area contributed by atoms with E-state index in [1.54, 1.807) is 0 Å². The molecule has 1 aromatic heterocycles. The average molecular weight is 206 g/mol. The molecule has 5 heteroatoms. The lowest BCUT2D eigenvalue weighted by Crippen LogP contribution is -2.14. The maximum absolute atomic E-state index is 5.57. The van der Waals surface area contributed by atoms with Crippen molar-refractivity contribution in [1.29, 1.82) is 0 Å². The Bertz CT molecular complexity index is 265. The Labute approximate surface area is 84.3 Å². The molecule has 0 aliphatic heterocycles. The number of hydrogen-bond donors (Lipinski definition) is 1. The van der Waals surface area contributed by atoms with Gasteiger partial charge in [-0.2, -0.15) is 4.98 Å². The van der Waals surface area contributed by atoms with Gasteiger partial charge in [0.1, 0.15) is 0 Å². The molecule has 0 saturated heterocycles. The molecule has 13 heavy (non-hydrogen) atoms. The van der Waals surface area contributed by atoms with E-state index in [-0.39, 0.29) is 23.9 Å². The van der Waals surface area contributed by atoms with Crippen LogP contribution in [0.15, 0.2) is 4.52 Å². The minimum Gasteiger partial charge on any atom is -0.338 e. The highest BCUT2D eigenvalue weighted by Gasteiger charge is 2.21. The van der Waals surface area contributed by atoms with Crippen molar-refractivity contribution in [2.45, 2.75) is 39.2 Å². The fourth-order valence-electron chi connectivity index (χ4n) is 0.725. The van der Waals surface area contributed by atoms with Gasteiger partial charge in [0.05, 0.1) is 6.04 Å². The quantitative estimate of drug-likeness (QED) is 0.760. The normalized spacial score (nSPS) is 13.6. The van der Waals surface area contributed by atoms with Crippen molar-refractivity contribution < 1.29 is 4.52 Å². The van der Waals surface area contributed by atoms with Crippen molar-refractivity contribution in [3.63, 3.8) is 0 Å². The molecule has 2 N–H and O–H groups in total. The lowest BCUT2D eigenvalue weighted by Gasteiger charge is -2.10. The molecule has 0 aliphatic rings. The largest absolute Gasteiger partial charge is 0.338 e. The molecular formula is C8H16ClN3O. The molecule has 0 fully saturated rings. The van der Waals surface area contributed by atoms with Gasteiger partial charge in [-0.25, -0.2) is 0 Å². The zero-order chi connectivity index (χ0) is 9.35. The Balaban J connectivity index is 0.00000144. The molecule has 1 atom stereocenters. The van der Waals surface area contributed by atoms with Crippen LogP contribution in [0.4, 0.5) is 0 Å². The van der Waals surface area contributed by atoms with Gasteiger partial charge >= 0.3 is 0 Å². The van der Waals surface area contributed by atoms with Crippen molar-refractivity contribution >= 4 is 12.4 Å². The molecule has 76 valence electrons. The Morgan fingerprint density at radius 2 is 1.92 bits per heavy atom. The van der Waals surface area contributed by atoms with Crippen molar-refractivity contribution in [3.05, 3.63) is 11.7 Å². The van der Waals surface area contributed by atoms with E-state index in [0.717, 1.165) is 0 Å². The van der Waals surface area contributed by atoms with Gasteiger partial charge in [-0.05, 0) is 6.92 Å². The summed E-state index contributed by atoms with van der Waals surface area (Å²) in [6.45, 7) is 7.91. The van der Waals surface area contributed by atoms with Gasteiger partial charge in [-0.15, -0.1) is 12.4 Å². The number of halogens is 1. The zero-order valence-corrected chi connectivity index (χ0v) is 9.18. The van der Waals surface area contributed by atoms with E-state index in [4.69, 9.17) is 10.3 Å². The van der Waals surface area contributed by atoms with E-state index < -0.39 is 0 Å². The van der Waals surface area contributed by atoms with Crippen LogP contribution in [0.5, 0.6) is 0 Å². The number of aromatic nitrogens is 2. The van der Waals surface area contributed by atoms with Crippen molar-refractivity contribution in [3.8, 4) is 0 Å². The topological polar surface area (TPSA) is 64.9 Å². The van der Waals surface area contributed by atoms with Crippen LogP contribution in [-0.4, -0.2) is 10.1 Å². The van der Waals surface area contributed by atoms with E-state index in [2.05, 4.69) is 10.1 Å². The number of nitrogens with zero attached hydrogens (tertiary/aromatic N) is 2. The van der Waals surface area contributed by atoms with E-state index in [0.29, 0.717) is 11.7 Å². The van der Waals surface area contributed by atoms with Crippen LogP contribution in [0, 0.1) is 0 Å². The summed E-state index contributed by atoms with van der Waals surface area (Å²) in [5, 5.41) is 3.84. The molecule has 1 aromatic rings. The molecule has 1 unspecified atom stereocenters. The maximum atomic E-state index is 5.57. The predicted molar refractivity (Wildman–Crippen MR) is 52.8 cm³/mol. The Hall–Kier alpha value is -0.610. The molecule has 0 radical (unpaired) electrons. The molecule has 0 saturated carbocycles. The lowest BCUT2D eigenvalue weighted by molar-refractivity contribution is 0.349. The molecule has 0 aliphatic carbocycles. The predicted octanol–water partition coefficient (Wildman–Crippen LogP) is 1.81. The van der Waals surface area contributed by atoms with E-state index in [1.165, 1.54) is 0 Å². The summed E-state index contributed by atoms with van der Waals surface area (Å²) >= 11 is 0. The first-order chi connectivity index (χ1) is 5.41. The molecule has 4 nitrogen and oxygen atoms in total. The summed E-state index contributed by atoms with van der Waals surface area (Å²) in [5.41, 5.74) is 5.50. The van der Waals surface area contributed by atoms with Crippen LogP contribution < -0.4 is 5.73 Å². The second-order valence-corrected chi connectivity index (χ2v) is 3.99. The molecule has 0 aromatic carbocycles. The highest BCUT2D eigenvalue weighted by atomic mass is 35.5. The number of nitrogens with two attached hydrogens (primary N) is 1. The molecule has 1 heterocycles. The molecule has 1 rings (SSSR count). The van der Waals surface area contributed by atoms with E-state index >= 15 is 0 Å². The van der Waals surface area contributed by atoms with E-state index in [9.17, 15) is 0 Å². The highest BCUT2D eigenvalue weighted by Crippen LogP contribution is 2.19. The summed E-state index contributed by atoms with van der Waals surface area (Å²) in [7, 11) is 0. The third-order valence-electron chi connectivity index (χ3n) is 1.50. The maximum Gasteiger partial charge on any atom is 0.243 e. The fourth-order valence-corrected chi connectivity index (χ4v) is 0.725. The first-order valence-electron chi connectivity index (χ1n) is 4.01. The number of rotatable bonds is 1. The second-order valence-electron chi connectivity index (χ2n) is 3.99. The average Bonchev–Trinajstić information content (AvgIpc) is 2.30. The van der Waals surface area contributed by atoms with Gasteiger partial charge in [0.25, 0.3) is 0 Å². The van der Waals surface area contributed by atoms with E-state index in [1.807, 2.05) is 27.7 Å². The SMILES string of the molecule is CC(N)c1nc(C(C)(C)C)no1.Cl. The third-order valence-corrected chi connectivity index (χ3v) is 1.50. The highest BCUT2D eigenvalue weighted by molar-refractivity contribution is 5.85. The van der Waals surface area contributed by atoms with Gasteiger partial charge in [0.2, 0.25) is 5.89 Å². The van der Waals surface area contributed by atoms with Gasteiger partial charge in [-0.3, -0.25) is 0 Å². The van der Waals surface area contributed by atoms with Gasteiger partial charge in [0.15, 0.2) is 5.82 Å². The summed E-state index contributed by atoms with van der Waals surface area (Å²) in [5.74, 6) is 1.20. The smallest absolute Gasteiger partial charge is 0.243 e. The van der Waals surface area contributed by atoms with Gasteiger partial charge in [-0.1, -0.05) is 25.9 Å². The fraction of sp³-hybridized carbons (Fsp3) is 0.750. The standard InChI is InChI=1S/C8H15N3O.ClH/c1-5(9)6-10-7(11-12-6)8(2,3)4;/h5H,9H2,1-4H3;1H. The minimum atomic E-state index is -0.186. The Morgan fingerprint density at radius 1 is 1.38 bits per heavy atom. The first kappa shape index (κ1) is 12.4. The van der Waals surface area contributed by atoms with Crippen LogP contribution in [0.2, 0.25) is 0 Å². The summed E-state index contributed by atoms with van der Waals surface area (Å²) < 4.78 is 4.97. The summed E-state index contributed by atoms with van der Waals surface area (Å²) in [6.07, 6.45) is 0. The lowest BCUT2D eigenvalue weighted by atomic mass is 9.96. The second kappa shape index (κ2) is 4.07. The van der Waals surface area contributed by atoms with Crippen molar-refractivity contribution in [2.75, 3.05) is 0 Å². The summed E-state index contributed by atoms with van der Waals surface area (Å²) in [6, 6.07) is -0.186. The van der Waals surface area contributed by atoms with Crippen LogP contribution in [-0.2, 0) is 5.41 Å². The Kier molecular flexibility index (Phi) is 3.88. The van der Waals surface area contributed by atoms with Gasteiger partial charge < -0.3 is 10.3 Å². The monoisotopic (exact) mass is 205 g/mol. The van der Waals surface area contributed by atoms with Crippen LogP contribution >= 0.6 is 12.4 Å². The molecule has 0 amide bonds. The van der Waals surface area contributed by atoms with Gasteiger partial charge in [0, 0.05) is 5.41 Å². The van der Waals surface area contributed by atoms with Crippen LogP contribution in [0.25, 0.3) is 0 Å². The third kappa shape index (κ3) is 2.97. The van der Waals surface area contributed by atoms with Crippen molar-refractivity contribution in [1.82, 2.24) is 10.1 Å². The zero-order valence-electron chi connectivity index (χ0n) is 8.37. The Morgan fingerprint density at radius 3 is 2.15 bits per heavy atom. The summed E-state index contributed by atoms with van der Waals surface area (Å²) in [4.78, 5) is 4.18. The molecule has 0 bridgehead atoms. The molecular weight excluding hydrogens is 190 g/mol. The van der Waals surface area contributed by atoms with Crippen molar-refractivity contribution in [2.24, 2.45) is 5.73 Å². The van der Waals surface area contributed by atoms with Crippen LogP contribution in [0.1, 0.15) is 45.5 Å². The number of hydrogen-bond acceptors (Lipinski definition) is 4. The first-order valence-corrected chi connectivity index (χ1v) is 4.01. The molecule has 0 spiro atoms.